The van der Waals surface area contributed by atoms with Crippen LogP contribution < -0.4 is 9.47 Å². The van der Waals surface area contributed by atoms with Gasteiger partial charge < -0.3 is 4.90 Å². The van der Waals surface area contributed by atoms with Crippen molar-refractivity contribution in [2.45, 2.75) is 20.0 Å². The highest BCUT2D eigenvalue weighted by atomic mass is 32.1. The predicted molar refractivity (Wildman–Crippen MR) is 124 cm³/mol. The van der Waals surface area contributed by atoms with Crippen LogP contribution in [0.4, 0.5) is 16.5 Å². The van der Waals surface area contributed by atoms with Crippen LogP contribution in [0.2, 0.25) is 0 Å². The van der Waals surface area contributed by atoms with Crippen molar-refractivity contribution in [2.24, 2.45) is 17.3 Å². The summed E-state index contributed by atoms with van der Waals surface area (Å²) in [5, 5.41) is 11.8. The molecule has 1 heterocycles. The van der Waals surface area contributed by atoms with Crippen LogP contribution in [0.3, 0.4) is 0 Å². The number of aromatic nitrogens is 1. The lowest BCUT2D eigenvalue weighted by Gasteiger charge is -2.25. The van der Waals surface area contributed by atoms with Gasteiger partial charge in [0.1, 0.15) is 11.4 Å². The van der Waals surface area contributed by atoms with E-state index in [-0.39, 0.29) is 0 Å². The van der Waals surface area contributed by atoms with Crippen LogP contribution in [0.5, 0.6) is 0 Å². The Morgan fingerprint density at radius 1 is 0.767 bits per heavy atom. The zero-order valence-corrected chi connectivity index (χ0v) is 18.1. The molecule has 4 aromatic rings. The SMILES string of the molecule is Cc1csc(N=Nc2ccc(N(Cc3ccccc3)Cc3ccccc3)cc2)[n+]1C. The van der Waals surface area contributed by atoms with Crippen LogP contribution in [0.15, 0.2) is 101 Å². The van der Waals surface area contributed by atoms with Crippen molar-refractivity contribution in [3.63, 3.8) is 0 Å². The Labute approximate surface area is 181 Å². The molecule has 30 heavy (non-hydrogen) atoms. The summed E-state index contributed by atoms with van der Waals surface area (Å²) in [6.07, 6.45) is 0. The van der Waals surface area contributed by atoms with Gasteiger partial charge in [0.15, 0.2) is 0 Å². The highest BCUT2D eigenvalue weighted by Crippen LogP contribution is 2.25. The molecule has 0 spiro atoms. The number of anilines is 1. The minimum Gasteiger partial charge on any atom is -0.363 e. The van der Waals surface area contributed by atoms with Gasteiger partial charge in [-0.1, -0.05) is 60.7 Å². The first-order valence-electron chi connectivity index (χ1n) is 9.98. The molecular formula is C25H25N4S+. The number of rotatable bonds is 7. The van der Waals surface area contributed by atoms with Gasteiger partial charge in [0.05, 0.1) is 12.2 Å². The lowest BCUT2D eigenvalue weighted by atomic mass is 10.1. The second-order valence-electron chi connectivity index (χ2n) is 7.26. The van der Waals surface area contributed by atoms with E-state index in [1.165, 1.54) is 22.5 Å². The number of hydrogen-bond acceptors (Lipinski definition) is 4. The van der Waals surface area contributed by atoms with E-state index in [4.69, 9.17) is 0 Å². The average molecular weight is 414 g/mol. The Bertz CT molecular complexity index is 1060. The van der Waals surface area contributed by atoms with Gasteiger partial charge in [-0.05, 0) is 58.8 Å². The lowest BCUT2D eigenvalue weighted by Crippen LogP contribution is -2.28. The van der Waals surface area contributed by atoms with Gasteiger partial charge in [0.2, 0.25) is 0 Å². The van der Waals surface area contributed by atoms with Crippen molar-refractivity contribution >= 4 is 27.8 Å². The van der Waals surface area contributed by atoms with Gasteiger partial charge in [-0.25, -0.2) is 4.57 Å². The maximum atomic E-state index is 4.42. The lowest BCUT2D eigenvalue weighted by molar-refractivity contribution is -0.660. The monoisotopic (exact) mass is 413 g/mol. The van der Waals surface area contributed by atoms with E-state index in [0.29, 0.717) is 0 Å². The summed E-state index contributed by atoms with van der Waals surface area (Å²) in [7, 11) is 2.01. The third kappa shape index (κ3) is 4.99. The third-order valence-corrected chi connectivity index (χ3v) is 6.07. The van der Waals surface area contributed by atoms with E-state index in [1.54, 1.807) is 11.3 Å². The van der Waals surface area contributed by atoms with E-state index in [0.717, 1.165) is 23.9 Å². The third-order valence-electron chi connectivity index (χ3n) is 5.05. The molecule has 0 aliphatic heterocycles. The molecule has 1 aromatic heterocycles. The number of aryl methyl sites for hydroxylation is 1. The fourth-order valence-electron chi connectivity index (χ4n) is 3.21. The summed E-state index contributed by atoms with van der Waals surface area (Å²) in [4.78, 5) is 2.38. The molecule has 5 heteroatoms. The van der Waals surface area contributed by atoms with Crippen LogP contribution in [0.25, 0.3) is 0 Å². The maximum Gasteiger partial charge on any atom is 0.408 e. The van der Waals surface area contributed by atoms with E-state index in [2.05, 4.69) is 100 Å². The molecule has 3 aromatic carbocycles. The first kappa shape index (κ1) is 20.0. The Morgan fingerprint density at radius 2 is 1.33 bits per heavy atom. The van der Waals surface area contributed by atoms with Gasteiger partial charge in [0, 0.05) is 24.2 Å². The molecular weight excluding hydrogens is 388 g/mol. The van der Waals surface area contributed by atoms with E-state index in [1.807, 2.05) is 23.7 Å². The first-order chi connectivity index (χ1) is 14.7. The van der Waals surface area contributed by atoms with Crippen molar-refractivity contribution in [1.29, 1.82) is 0 Å². The topological polar surface area (TPSA) is 31.8 Å². The molecule has 0 unspecified atom stereocenters. The van der Waals surface area contributed by atoms with Crippen LogP contribution in [-0.4, -0.2) is 0 Å². The summed E-state index contributed by atoms with van der Waals surface area (Å²) in [6, 6.07) is 29.5. The Hall–Kier alpha value is -3.31. The molecule has 0 saturated carbocycles. The second-order valence-corrected chi connectivity index (χ2v) is 8.10. The standard InChI is InChI=1S/C25H25N4S/c1-20-19-30-25(28(20)2)27-26-23-13-15-24(16-14-23)29(17-21-9-5-3-6-10-21)18-22-11-7-4-8-12-22/h3-16,19H,17-18H2,1-2H3/q+1. The minimum atomic E-state index is 0.848. The van der Waals surface area contributed by atoms with Gasteiger partial charge in [-0.15, -0.1) is 0 Å². The first-order valence-corrected chi connectivity index (χ1v) is 10.9. The smallest absolute Gasteiger partial charge is 0.363 e. The Morgan fingerprint density at radius 3 is 1.83 bits per heavy atom. The minimum absolute atomic E-state index is 0.848. The van der Waals surface area contributed by atoms with Gasteiger partial charge in [-0.3, -0.25) is 0 Å². The van der Waals surface area contributed by atoms with E-state index < -0.39 is 0 Å². The molecule has 4 nitrogen and oxygen atoms in total. The van der Waals surface area contributed by atoms with Crippen molar-refractivity contribution in [1.82, 2.24) is 0 Å². The molecule has 0 aliphatic carbocycles. The fraction of sp³-hybridized carbons (Fsp3) is 0.160. The molecule has 4 rings (SSSR count). The summed E-state index contributed by atoms with van der Waals surface area (Å²) >= 11 is 1.60. The molecule has 0 amide bonds. The zero-order chi connectivity index (χ0) is 20.8. The fourth-order valence-corrected chi connectivity index (χ4v) is 4.04. The summed E-state index contributed by atoms with van der Waals surface area (Å²) in [5.74, 6) is 0. The number of nitrogens with zero attached hydrogens (tertiary/aromatic N) is 4. The van der Waals surface area contributed by atoms with Crippen LogP contribution in [0.1, 0.15) is 16.8 Å². The molecule has 0 N–H and O–H groups in total. The normalized spacial score (nSPS) is 11.1. The largest absolute Gasteiger partial charge is 0.408 e. The average Bonchev–Trinajstić information content (AvgIpc) is 3.11. The quantitative estimate of drug-likeness (QED) is 0.251. The highest BCUT2D eigenvalue weighted by Gasteiger charge is 2.12. The van der Waals surface area contributed by atoms with E-state index in [9.17, 15) is 0 Å². The van der Waals surface area contributed by atoms with Gasteiger partial charge >= 0.3 is 5.13 Å². The number of hydrogen-bond donors (Lipinski definition) is 0. The zero-order valence-electron chi connectivity index (χ0n) is 17.3. The Balaban J connectivity index is 1.54. The van der Waals surface area contributed by atoms with E-state index >= 15 is 0 Å². The molecule has 0 saturated heterocycles. The van der Waals surface area contributed by atoms with Crippen LogP contribution in [-0.2, 0) is 20.1 Å². The highest BCUT2D eigenvalue weighted by molar-refractivity contribution is 7.12. The second kappa shape index (κ2) is 9.46. The van der Waals surface area contributed by atoms with Crippen molar-refractivity contribution < 1.29 is 4.57 Å². The van der Waals surface area contributed by atoms with Crippen molar-refractivity contribution in [2.75, 3.05) is 4.90 Å². The molecule has 0 atom stereocenters. The van der Waals surface area contributed by atoms with Gasteiger partial charge in [-0.2, -0.15) is 0 Å². The van der Waals surface area contributed by atoms with Crippen molar-refractivity contribution in [3.05, 3.63) is 107 Å². The van der Waals surface area contributed by atoms with Gasteiger partial charge in [0.25, 0.3) is 0 Å². The molecule has 0 aliphatic rings. The molecule has 0 fully saturated rings. The van der Waals surface area contributed by atoms with Crippen LogP contribution in [0, 0.1) is 6.92 Å². The number of azo groups is 1. The molecule has 0 radical (unpaired) electrons. The summed E-state index contributed by atoms with van der Waals surface area (Å²) in [6.45, 7) is 3.76. The summed E-state index contributed by atoms with van der Waals surface area (Å²) < 4.78 is 2.05. The Kier molecular flexibility index (Phi) is 6.30. The number of benzene rings is 3. The number of thiazole rings is 1. The molecule has 0 bridgehead atoms. The molecule has 150 valence electrons. The summed E-state index contributed by atoms with van der Waals surface area (Å²) in [5.41, 5.74) is 5.78. The predicted octanol–water partition coefficient (Wildman–Crippen LogP) is 6.50. The van der Waals surface area contributed by atoms with Crippen molar-refractivity contribution in [3.8, 4) is 0 Å². The maximum absolute atomic E-state index is 4.42. The van der Waals surface area contributed by atoms with Crippen LogP contribution >= 0.6 is 11.3 Å².